The smallest absolute Gasteiger partial charge is 0.396 e. The molecule has 0 unspecified atom stereocenters. The fourth-order valence-corrected chi connectivity index (χ4v) is 4.23. The van der Waals surface area contributed by atoms with Gasteiger partial charge in [-0.1, -0.05) is 30.3 Å². The number of carbonyl (C=O) groups excluding carboxylic acids is 1. The second-order valence-corrected chi connectivity index (χ2v) is 9.08. The zero-order valence-corrected chi connectivity index (χ0v) is 21.2. The largest absolute Gasteiger partial charge is 0.416 e. The Morgan fingerprint density at radius 2 is 1.58 bits per heavy atom. The molecule has 0 saturated heterocycles. The lowest BCUT2D eigenvalue weighted by molar-refractivity contribution is -0.143. The molecule has 0 spiro atoms. The van der Waals surface area contributed by atoms with E-state index in [1.165, 1.54) is 6.92 Å². The summed E-state index contributed by atoms with van der Waals surface area (Å²) in [4.78, 5) is 13.1. The summed E-state index contributed by atoms with van der Waals surface area (Å²) in [5, 5.41) is 11.8. The summed E-state index contributed by atoms with van der Waals surface area (Å²) >= 11 is 0. The molecule has 2 rings (SSSR count). The highest BCUT2D eigenvalue weighted by Gasteiger charge is 2.39. The Kier molecular flexibility index (Phi) is 11.0. The third kappa shape index (κ3) is 8.60. The minimum absolute atomic E-state index is 0.0560. The van der Waals surface area contributed by atoms with Crippen molar-refractivity contribution in [2.24, 2.45) is 5.73 Å². The molecule has 12 heteroatoms. The summed E-state index contributed by atoms with van der Waals surface area (Å²) in [6.45, 7) is 1.76. The lowest BCUT2D eigenvalue weighted by Crippen LogP contribution is -2.50. The first-order valence-corrected chi connectivity index (χ1v) is 12.0. The van der Waals surface area contributed by atoms with Crippen molar-refractivity contribution < 1.29 is 41.0 Å². The van der Waals surface area contributed by atoms with Crippen LogP contribution >= 0.6 is 0 Å². The molecule has 0 fully saturated rings. The number of nitrogens with two attached hydrogens (primary N) is 1. The topological polar surface area (TPSA) is 87.8 Å². The molecule has 0 aliphatic rings. The van der Waals surface area contributed by atoms with Crippen LogP contribution in [0.25, 0.3) is 0 Å². The van der Waals surface area contributed by atoms with E-state index in [-0.39, 0.29) is 31.4 Å². The number of likely N-dealkylation sites (N-methyl/N-ethyl adjacent to an activating group) is 1. The first-order valence-electron chi connectivity index (χ1n) is 12.0. The number of alkyl halides is 6. The molecule has 2 amide bonds. The van der Waals surface area contributed by atoms with Crippen molar-refractivity contribution in [2.45, 2.75) is 50.2 Å². The minimum Gasteiger partial charge on any atom is -0.396 e. The normalized spacial score (nSPS) is 14.8. The van der Waals surface area contributed by atoms with Crippen LogP contribution in [0.2, 0.25) is 0 Å². The molecule has 4 N–H and O–H groups in total. The molecule has 2 aromatic carbocycles. The van der Waals surface area contributed by atoms with Crippen molar-refractivity contribution in [1.82, 2.24) is 10.2 Å². The molecule has 0 aliphatic heterocycles. The van der Waals surface area contributed by atoms with Crippen LogP contribution in [0.1, 0.15) is 54.5 Å². The first kappa shape index (κ1) is 31.4. The molecular weight excluding hydrogens is 516 g/mol. The van der Waals surface area contributed by atoms with Crippen LogP contribution in [0.15, 0.2) is 48.5 Å². The Bertz CT molecular complexity index is 1000. The summed E-state index contributed by atoms with van der Waals surface area (Å²) in [5.74, 6) is 0. The van der Waals surface area contributed by atoms with E-state index in [2.05, 4.69) is 5.32 Å². The SMILES string of the molecule is C[C@@H](OC[C@](CCCCO)(c1ccccc1)N(C)CCNC(N)=O)c1cc(C(F)(F)F)cc(C(F)(F)F)c1. The van der Waals surface area contributed by atoms with Crippen LogP contribution < -0.4 is 11.1 Å². The maximum Gasteiger partial charge on any atom is 0.416 e. The zero-order valence-electron chi connectivity index (χ0n) is 21.2. The number of halogens is 6. The average Bonchev–Trinajstić information content (AvgIpc) is 2.85. The number of rotatable bonds is 13. The summed E-state index contributed by atoms with van der Waals surface area (Å²) < 4.78 is 86.3. The molecule has 0 aromatic heterocycles. The predicted molar refractivity (Wildman–Crippen MR) is 130 cm³/mol. The molecule has 0 aliphatic carbocycles. The lowest BCUT2D eigenvalue weighted by atomic mass is 9.83. The Labute approximate surface area is 217 Å². The van der Waals surface area contributed by atoms with Gasteiger partial charge in [0.1, 0.15) is 0 Å². The number of unbranched alkanes of at least 4 members (excludes halogenated alkanes) is 1. The molecule has 6 nitrogen and oxygen atoms in total. The van der Waals surface area contributed by atoms with Gasteiger partial charge in [0.05, 0.1) is 29.4 Å². The van der Waals surface area contributed by atoms with Gasteiger partial charge in [0.25, 0.3) is 0 Å². The fraction of sp³-hybridized carbons (Fsp3) is 0.500. The van der Waals surface area contributed by atoms with E-state index in [0.29, 0.717) is 37.9 Å². The number of ether oxygens (including phenoxy) is 1. The molecule has 0 bridgehead atoms. The molecule has 2 atom stereocenters. The van der Waals surface area contributed by atoms with Crippen LogP contribution in [0.3, 0.4) is 0 Å². The number of aliphatic hydroxyl groups excluding tert-OH is 1. The van der Waals surface area contributed by atoms with Gasteiger partial charge >= 0.3 is 18.4 Å². The van der Waals surface area contributed by atoms with Crippen molar-refractivity contribution in [1.29, 1.82) is 0 Å². The number of benzene rings is 2. The van der Waals surface area contributed by atoms with Gasteiger partial charge in [-0.3, -0.25) is 4.90 Å². The number of amides is 2. The number of carbonyl (C=O) groups is 1. The van der Waals surface area contributed by atoms with Gasteiger partial charge in [-0.25, -0.2) is 4.79 Å². The van der Waals surface area contributed by atoms with Crippen LogP contribution in [-0.4, -0.2) is 49.4 Å². The van der Waals surface area contributed by atoms with Crippen molar-refractivity contribution in [3.8, 4) is 0 Å². The highest BCUT2D eigenvalue weighted by atomic mass is 19.4. The maximum atomic E-state index is 13.4. The van der Waals surface area contributed by atoms with Crippen LogP contribution in [-0.2, 0) is 22.6 Å². The standard InChI is InChI=1S/C26H33F6N3O3/c1-18(19-14-21(25(27,28)29)16-22(15-19)26(30,31)32)38-17-24(10-6-7-13-36,20-8-4-3-5-9-20)35(2)12-11-34-23(33)37/h3-5,8-9,14-16,18,36H,6-7,10-13,17H2,1-2H3,(H3,33,34,37)/t18-,24-/m1/s1. The van der Waals surface area contributed by atoms with Crippen molar-refractivity contribution in [3.63, 3.8) is 0 Å². The Hall–Kier alpha value is -2.83. The van der Waals surface area contributed by atoms with Crippen molar-refractivity contribution in [2.75, 3.05) is 33.4 Å². The minimum atomic E-state index is -4.97. The monoisotopic (exact) mass is 549 g/mol. The van der Waals surface area contributed by atoms with E-state index in [1.807, 2.05) is 17.0 Å². The maximum absolute atomic E-state index is 13.4. The zero-order chi connectivity index (χ0) is 28.6. The van der Waals surface area contributed by atoms with Crippen molar-refractivity contribution in [3.05, 3.63) is 70.8 Å². The fourth-order valence-electron chi connectivity index (χ4n) is 4.23. The van der Waals surface area contributed by atoms with Crippen molar-refractivity contribution >= 4 is 6.03 Å². The molecule has 0 heterocycles. The highest BCUT2D eigenvalue weighted by molar-refractivity contribution is 5.71. The lowest BCUT2D eigenvalue weighted by Gasteiger charge is -2.43. The molecular formula is C26H33F6N3O3. The second-order valence-electron chi connectivity index (χ2n) is 9.08. The number of nitrogens with one attached hydrogen (secondary N) is 1. The molecule has 38 heavy (non-hydrogen) atoms. The third-order valence-corrected chi connectivity index (χ3v) is 6.44. The molecule has 212 valence electrons. The summed E-state index contributed by atoms with van der Waals surface area (Å²) in [5.41, 5.74) is 2.00. The molecule has 0 radical (unpaired) electrons. The van der Waals surface area contributed by atoms with Gasteiger partial charge in [-0.15, -0.1) is 0 Å². The number of primary amides is 1. The van der Waals surface area contributed by atoms with Gasteiger partial charge in [0, 0.05) is 19.7 Å². The van der Waals surface area contributed by atoms with Gasteiger partial charge in [-0.2, -0.15) is 26.3 Å². The van der Waals surface area contributed by atoms with Gasteiger partial charge in [0.15, 0.2) is 0 Å². The molecule has 2 aromatic rings. The second kappa shape index (κ2) is 13.3. The van der Waals surface area contributed by atoms with Gasteiger partial charge < -0.3 is 20.9 Å². The van der Waals surface area contributed by atoms with Crippen LogP contribution in [0.5, 0.6) is 0 Å². The van der Waals surface area contributed by atoms with E-state index in [9.17, 15) is 36.2 Å². The summed E-state index contributed by atoms with van der Waals surface area (Å²) in [6.07, 6.45) is -9.58. The average molecular weight is 550 g/mol. The number of hydrogen-bond acceptors (Lipinski definition) is 4. The number of hydrogen-bond donors (Lipinski definition) is 3. The first-order chi connectivity index (χ1) is 17.7. The number of nitrogens with zero attached hydrogens (tertiary/aromatic N) is 1. The third-order valence-electron chi connectivity index (χ3n) is 6.44. The van der Waals surface area contributed by atoms with E-state index in [1.54, 1.807) is 25.2 Å². The van der Waals surface area contributed by atoms with E-state index in [0.717, 1.165) is 5.56 Å². The van der Waals surface area contributed by atoms with E-state index >= 15 is 0 Å². The predicted octanol–water partition coefficient (Wildman–Crippen LogP) is 5.46. The van der Waals surface area contributed by atoms with E-state index in [4.69, 9.17) is 10.5 Å². The Balaban J connectivity index is 2.45. The molecule has 0 saturated carbocycles. The highest BCUT2D eigenvalue weighted by Crippen LogP contribution is 2.39. The van der Waals surface area contributed by atoms with Gasteiger partial charge in [0.2, 0.25) is 0 Å². The number of aliphatic hydroxyl groups is 1. The van der Waals surface area contributed by atoms with Crippen LogP contribution in [0.4, 0.5) is 31.1 Å². The summed E-state index contributed by atoms with van der Waals surface area (Å²) in [6, 6.07) is 9.80. The van der Waals surface area contributed by atoms with E-state index < -0.39 is 41.2 Å². The quantitative estimate of drug-likeness (QED) is 0.229. The summed E-state index contributed by atoms with van der Waals surface area (Å²) in [7, 11) is 1.77. The Morgan fingerprint density at radius 3 is 2.08 bits per heavy atom. The van der Waals surface area contributed by atoms with Crippen LogP contribution in [0, 0.1) is 0 Å². The number of urea groups is 1. The Morgan fingerprint density at radius 1 is 1.00 bits per heavy atom. The van der Waals surface area contributed by atoms with Gasteiger partial charge in [-0.05, 0) is 62.6 Å².